The molecule has 2 N–H and O–H groups in total. The number of carbonyl (C=O) groups is 1. The summed E-state index contributed by atoms with van der Waals surface area (Å²) in [6.07, 6.45) is 2.13. The molecule has 1 aliphatic rings. The van der Waals surface area contributed by atoms with Gasteiger partial charge in [-0.25, -0.2) is 9.78 Å². The van der Waals surface area contributed by atoms with Gasteiger partial charge in [-0.05, 0) is 31.0 Å². The molecule has 0 spiro atoms. The fraction of sp³-hybridized carbons (Fsp3) is 0.421. The van der Waals surface area contributed by atoms with Gasteiger partial charge in [0, 0.05) is 26.2 Å². The van der Waals surface area contributed by atoms with Crippen LogP contribution >= 0.6 is 0 Å². The van der Waals surface area contributed by atoms with Crippen LogP contribution in [0.4, 0.5) is 16.3 Å². The first-order chi connectivity index (χ1) is 13.1. The zero-order valence-corrected chi connectivity index (χ0v) is 15.7. The maximum absolute atomic E-state index is 11.8. The molecule has 1 aromatic carbocycles. The van der Waals surface area contributed by atoms with Gasteiger partial charge in [-0.1, -0.05) is 19.1 Å². The number of nitrogens with zero attached hydrogens (tertiary/aromatic N) is 4. The summed E-state index contributed by atoms with van der Waals surface area (Å²) in [5.74, 6) is 1.63. The van der Waals surface area contributed by atoms with Crippen molar-refractivity contribution in [1.29, 1.82) is 0 Å². The predicted molar refractivity (Wildman–Crippen MR) is 103 cm³/mol. The van der Waals surface area contributed by atoms with Crippen molar-refractivity contribution in [3.8, 4) is 11.6 Å². The van der Waals surface area contributed by atoms with E-state index in [9.17, 15) is 4.79 Å². The third kappa shape index (κ3) is 4.39. The number of rotatable bonds is 5. The molecule has 8 nitrogen and oxygen atoms in total. The summed E-state index contributed by atoms with van der Waals surface area (Å²) in [4.78, 5) is 24.0. The second-order valence-corrected chi connectivity index (χ2v) is 6.19. The number of carbonyl (C=O) groups excluding carboxylic acids is 1. The Hall–Kier alpha value is -3.03. The quantitative estimate of drug-likeness (QED) is 0.863. The lowest BCUT2D eigenvalue weighted by Gasteiger charge is -2.35. The Morgan fingerprint density at radius 1 is 1.11 bits per heavy atom. The van der Waals surface area contributed by atoms with Crippen molar-refractivity contribution in [3.05, 3.63) is 36.2 Å². The van der Waals surface area contributed by atoms with Gasteiger partial charge in [-0.2, -0.15) is 4.98 Å². The van der Waals surface area contributed by atoms with Crippen LogP contribution in [0.15, 0.2) is 30.6 Å². The van der Waals surface area contributed by atoms with Crippen molar-refractivity contribution in [2.24, 2.45) is 0 Å². The number of hydrogen-bond acceptors (Lipinski definition) is 7. The lowest BCUT2D eigenvalue weighted by atomic mass is 10.2. The van der Waals surface area contributed by atoms with Crippen molar-refractivity contribution >= 4 is 17.6 Å². The first-order valence-corrected chi connectivity index (χ1v) is 9.16. The van der Waals surface area contributed by atoms with Gasteiger partial charge in [-0.15, -0.1) is 0 Å². The minimum atomic E-state index is -0.285. The highest BCUT2D eigenvalue weighted by Crippen LogP contribution is 2.32. The lowest BCUT2D eigenvalue weighted by molar-refractivity contribution is 0.105. The Labute approximate surface area is 158 Å². The smallest absolute Gasteiger partial charge is 0.409 e. The molecular weight excluding hydrogens is 346 g/mol. The molecule has 27 heavy (non-hydrogen) atoms. The van der Waals surface area contributed by atoms with Crippen LogP contribution < -0.4 is 15.4 Å². The second kappa shape index (κ2) is 8.57. The molecule has 0 atom stereocenters. The van der Waals surface area contributed by atoms with Gasteiger partial charge in [0.2, 0.25) is 5.88 Å². The van der Waals surface area contributed by atoms with E-state index in [0.29, 0.717) is 55.9 Å². The van der Waals surface area contributed by atoms with E-state index in [1.165, 1.54) is 11.9 Å². The molecule has 1 aromatic heterocycles. The summed E-state index contributed by atoms with van der Waals surface area (Å²) in [5, 5.41) is 0. The third-order valence-electron chi connectivity index (χ3n) is 4.48. The number of aromatic nitrogens is 2. The van der Waals surface area contributed by atoms with Crippen molar-refractivity contribution < 1.29 is 14.3 Å². The number of hydrogen-bond donors (Lipinski definition) is 1. The first-order valence-electron chi connectivity index (χ1n) is 9.16. The van der Waals surface area contributed by atoms with Crippen molar-refractivity contribution in [1.82, 2.24) is 14.9 Å². The van der Waals surface area contributed by atoms with E-state index in [-0.39, 0.29) is 6.09 Å². The topological polar surface area (TPSA) is 93.8 Å². The zero-order valence-electron chi connectivity index (χ0n) is 15.7. The van der Waals surface area contributed by atoms with Gasteiger partial charge in [0.25, 0.3) is 0 Å². The van der Waals surface area contributed by atoms with E-state index < -0.39 is 0 Å². The Kier molecular flexibility index (Phi) is 5.95. The van der Waals surface area contributed by atoms with Gasteiger partial charge in [0.15, 0.2) is 5.82 Å². The Bertz CT molecular complexity index is 773. The van der Waals surface area contributed by atoms with Gasteiger partial charge in [-0.3, -0.25) is 0 Å². The summed E-state index contributed by atoms with van der Waals surface area (Å²) in [7, 11) is 0. The standard InChI is InChI=1S/C19H25N5O3/c1-3-14-5-7-15(8-6-14)27-18-16(20)17(21-13-22-18)23-9-11-24(12-10-23)19(25)26-4-2/h5-8,13H,3-4,9-12,20H2,1-2H3. The zero-order chi connectivity index (χ0) is 19.2. The number of nitrogens with two attached hydrogens (primary N) is 1. The molecule has 8 heteroatoms. The molecule has 0 unspecified atom stereocenters. The van der Waals surface area contributed by atoms with E-state index in [1.807, 2.05) is 29.2 Å². The summed E-state index contributed by atoms with van der Waals surface area (Å²) in [6.45, 7) is 6.61. The normalized spacial score (nSPS) is 14.1. The number of amides is 1. The molecule has 0 radical (unpaired) electrons. The molecule has 144 valence electrons. The fourth-order valence-corrected chi connectivity index (χ4v) is 2.92. The molecule has 0 saturated carbocycles. The summed E-state index contributed by atoms with van der Waals surface area (Å²) >= 11 is 0. The number of piperazine rings is 1. The van der Waals surface area contributed by atoms with Gasteiger partial charge in [0.05, 0.1) is 6.61 Å². The fourth-order valence-electron chi connectivity index (χ4n) is 2.92. The van der Waals surface area contributed by atoms with Crippen LogP contribution in [0.1, 0.15) is 19.4 Å². The SMILES string of the molecule is CCOC(=O)N1CCN(c2ncnc(Oc3ccc(CC)cc3)c2N)CC1. The molecule has 1 fully saturated rings. The highest BCUT2D eigenvalue weighted by molar-refractivity contribution is 5.70. The van der Waals surface area contributed by atoms with Gasteiger partial charge >= 0.3 is 6.09 Å². The minimum absolute atomic E-state index is 0.285. The van der Waals surface area contributed by atoms with Gasteiger partial charge < -0.3 is 25.0 Å². The molecular formula is C19H25N5O3. The largest absolute Gasteiger partial charge is 0.450 e. The second-order valence-electron chi connectivity index (χ2n) is 6.19. The molecule has 1 saturated heterocycles. The van der Waals surface area contributed by atoms with Crippen LogP contribution in [0, 0.1) is 0 Å². The first kappa shape index (κ1) is 18.8. The van der Waals surface area contributed by atoms with E-state index in [1.54, 1.807) is 11.8 Å². The monoisotopic (exact) mass is 371 g/mol. The number of benzene rings is 1. The molecule has 1 amide bonds. The van der Waals surface area contributed by atoms with Crippen molar-refractivity contribution in [2.45, 2.75) is 20.3 Å². The highest BCUT2D eigenvalue weighted by Gasteiger charge is 2.25. The van der Waals surface area contributed by atoms with E-state index in [0.717, 1.165) is 6.42 Å². The summed E-state index contributed by atoms with van der Waals surface area (Å²) < 4.78 is 10.9. The van der Waals surface area contributed by atoms with E-state index in [4.69, 9.17) is 15.2 Å². The molecule has 0 bridgehead atoms. The summed E-state index contributed by atoms with van der Waals surface area (Å²) in [6, 6.07) is 7.83. The van der Waals surface area contributed by atoms with Crippen molar-refractivity contribution in [2.75, 3.05) is 43.4 Å². The number of aryl methyl sites for hydroxylation is 1. The molecule has 0 aliphatic carbocycles. The Morgan fingerprint density at radius 3 is 2.44 bits per heavy atom. The van der Waals surface area contributed by atoms with Crippen LogP contribution in [0.25, 0.3) is 0 Å². The molecule has 3 rings (SSSR count). The molecule has 1 aliphatic heterocycles. The number of nitrogen functional groups attached to an aromatic ring is 1. The third-order valence-corrected chi connectivity index (χ3v) is 4.48. The van der Waals surface area contributed by atoms with Crippen LogP contribution in [-0.4, -0.2) is 53.7 Å². The van der Waals surface area contributed by atoms with Crippen molar-refractivity contribution in [3.63, 3.8) is 0 Å². The maximum atomic E-state index is 11.8. The lowest BCUT2D eigenvalue weighted by Crippen LogP contribution is -2.49. The number of ether oxygens (including phenoxy) is 2. The molecule has 2 heterocycles. The van der Waals surface area contributed by atoms with E-state index >= 15 is 0 Å². The predicted octanol–water partition coefficient (Wildman–Crippen LogP) is 2.69. The van der Waals surface area contributed by atoms with Crippen LogP contribution in [0.3, 0.4) is 0 Å². The van der Waals surface area contributed by atoms with Crippen LogP contribution in [-0.2, 0) is 11.2 Å². The Morgan fingerprint density at radius 2 is 1.81 bits per heavy atom. The summed E-state index contributed by atoms with van der Waals surface area (Å²) in [5.41, 5.74) is 7.89. The average Bonchev–Trinajstić information content (AvgIpc) is 2.70. The number of anilines is 2. The average molecular weight is 371 g/mol. The maximum Gasteiger partial charge on any atom is 0.409 e. The Balaban J connectivity index is 1.69. The highest BCUT2D eigenvalue weighted by atomic mass is 16.6. The van der Waals surface area contributed by atoms with Crippen LogP contribution in [0.5, 0.6) is 11.6 Å². The van der Waals surface area contributed by atoms with Gasteiger partial charge in [0.1, 0.15) is 17.8 Å². The minimum Gasteiger partial charge on any atom is -0.450 e. The molecule has 2 aromatic rings. The van der Waals surface area contributed by atoms with E-state index in [2.05, 4.69) is 16.9 Å². The van der Waals surface area contributed by atoms with Crippen LogP contribution in [0.2, 0.25) is 0 Å².